The minimum absolute atomic E-state index is 0.0115. The summed E-state index contributed by atoms with van der Waals surface area (Å²) < 4.78 is 0. The summed E-state index contributed by atoms with van der Waals surface area (Å²) in [7, 11) is 0. The number of hydrogen-bond donors (Lipinski definition) is 1. The molecule has 0 bridgehead atoms. The zero-order chi connectivity index (χ0) is 21.6. The standard InChI is InChI=1S/C27H28N2O2/c1-20-9-8-14-23(17-20)25-16-15-24(26(30)28-18-21-10-4-2-5-11-21)19-29(25)27(31)22-12-6-3-7-13-22/h2-14,17,24-25H,15-16,18-19H2,1H3,(H,28,30). The van der Waals surface area contributed by atoms with Gasteiger partial charge in [0, 0.05) is 18.7 Å². The maximum absolute atomic E-state index is 13.4. The highest BCUT2D eigenvalue weighted by atomic mass is 16.2. The Morgan fingerprint density at radius 1 is 0.903 bits per heavy atom. The quantitative estimate of drug-likeness (QED) is 0.648. The van der Waals surface area contributed by atoms with Gasteiger partial charge < -0.3 is 10.2 Å². The normalized spacial score (nSPS) is 18.4. The van der Waals surface area contributed by atoms with Crippen molar-refractivity contribution in [3.05, 3.63) is 107 Å². The highest BCUT2D eigenvalue weighted by Gasteiger charge is 2.35. The first-order valence-electron chi connectivity index (χ1n) is 10.9. The number of piperidine rings is 1. The highest BCUT2D eigenvalue weighted by molar-refractivity contribution is 5.95. The van der Waals surface area contributed by atoms with Crippen LogP contribution in [0.5, 0.6) is 0 Å². The number of nitrogens with zero attached hydrogens (tertiary/aromatic N) is 1. The van der Waals surface area contributed by atoms with Crippen LogP contribution in [0.2, 0.25) is 0 Å². The van der Waals surface area contributed by atoms with Crippen molar-refractivity contribution in [2.75, 3.05) is 6.54 Å². The molecule has 4 rings (SSSR count). The summed E-state index contributed by atoms with van der Waals surface area (Å²) >= 11 is 0. The van der Waals surface area contributed by atoms with E-state index in [4.69, 9.17) is 0 Å². The van der Waals surface area contributed by atoms with Gasteiger partial charge in [0.25, 0.3) is 5.91 Å². The van der Waals surface area contributed by atoms with Crippen LogP contribution in [0, 0.1) is 12.8 Å². The first kappa shape index (κ1) is 20.9. The number of likely N-dealkylation sites (tertiary alicyclic amines) is 1. The number of rotatable bonds is 5. The number of nitrogens with one attached hydrogen (secondary N) is 1. The van der Waals surface area contributed by atoms with E-state index in [0.717, 1.165) is 24.0 Å². The third-order valence-electron chi connectivity index (χ3n) is 5.97. The van der Waals surface area contributed by atoms with Crippen LogP contribution >= 0.6 is 0 Å². The van der Waals surface area contributed by atoms with Gasteiger partial charge in [-0.25, -0.2) is 0 Å². The monoisotopic (exact) mass is 412 g/mol. The van der Waals surface area contributed by atoms with Gasteiger partial charge in [0.05, 0.1) is 12.0 Å². The molecule has 2 amide bonds. The molecule has 4 nitrogen and oxygen atoms in total. The van der Waals surface area contributed by atoms with Crippen LogP contribution in [0.25, 0.3) is 0 Å². The number of hydrogen-bond acceptors (Lipinski definition) is 2. The van der Waals surface area contributed by atoms with E-state index in [0.29, 0.717) is 18.7 Å². The van der Waals surface area contributed by atoms with Crippen LogP contribution in [0.3, 0.4) is 0 Å². The Hall–Kier alpha value is -3.40. The number of carbonyl (C=O) groups is 2. The minimum Gasteiger partial charge on any atom is -0.352 e. The second-order valence-electron chi connectivity index (χ2n) is 8.23. The minimum atomic E-state index is -0.211. The van der Waals surface area contributed by atoms with Gasteiger partial charge in [0.2, 0.25) is 5.91 Å². The Morgan fingerprint density at radius 3 is 2.32 bits per heavy atom. The van der Waals surface area contributed by atoms with Crippen molar-refractivity contribution in [1.82, 2.24) is 10.2 Å². The molecule has 1 fully saturated rings. The van der Waals surface area contributed by atoms with Gasteiger partial charge in [0.1, 0.15) is 0 Å². The summed E-state index contributed by atoms with van der Waals surface area (Å²) in [6, 6.07) is 27.6. The summed E-state index contributed by atoms with van der Waals surface area (Å²) in [5, 5.41) is 3.05. The molecule has 2 unspecified atom stereocenters. The number of aryl methyl sites for hydroxylation is 1. The average Bonchev–Trinajstić information content (AvgIpc) is 2.83. The van der Waals surface area contributed by atoms with Gasteiger partial charge >= 0.3 is 0 Å². The molecule has 3 aromatic carbocycles. The van der Waals surface area contributed by atoms with E-state index < -0.39 is 0 Å². The SMILES string of the molecule is Cc1cccc(C2CCC(C(=O)NCc3ccccc3)CN2C(=O)c2ccccc2)c1. The molecule has 31 heavy (non-hydrogen) atoms. The Kier molecular flexibility index (Phi) is 6.46. The number of carbonyl (C=O) groups excluding carboxylic acids is 2. The summed E-state index contributed by atoms with van der Waals surface area (Å²) in [4.78, 5) is 28.2. The van der Waals surface area contributed by atoms with Gasteiger partial charge in [-0.3, -0.25) is 9.59 Å². The molecule has 1 aliphatic rings. The Morgan fingerprint density at radius 2 is 1.61 bits per heavy atom. The zero-order valence-electron chi connectivity index (χ0n) is 17.8. The lowest BCUT2D eigenvalue weighted by Crippen LogP contribution is -2.46. The molecular formula is C27H28N2O2. The summed E-state index contributed by atoms with van der Waals surface area (Å²) in [5.74, 6) is -0.220. The van der Waals surface area contributed by atoms with Crippen molar-refractivity contribution in [2.24, 2.45) is 5.92 Å². The fourth-order valence-electron chi connectivity index (χ4n) is 4.31. The molecule has 4 heteroatoms. The van der Waals surface area contributed by atoms with Crippen LogP contribution in [0.15, 0.2) is 84.9 Å². The number of benzene rings is 3. The van der Waals surface area contributed by atoms with E-state index in [-0.39, 0.29) is 23.8 Å². The van der Waals surface area contributed by atoms with Gasteiger partial charge in [-0.15, -0.1) is 0 Å². The van der Waals surface area contributed by atoms with Crippen molar-refractivity contribution < 1.29 is 9.59 Å². The second kappa shape index (κ2) is 9.61. The molecule has 3 aromatic rings. The molecule has 2 atom stereocenters. The largest absolute Gasteiger partial charge is 0.352 e. The van der Waals surface area contributed by atoms with Crippen LogP contribution in [0.4, 0.5) is 0 Å². The smallest absolute Gasteiger partial charge is 0.254 e. The van der Waals surface area contributed by atoms with Crippen LogP contribution in [-0.4, -0.2) is 23.3 Å². The number of amides is 2. The molecule has 0 radical (unpaired) electrons. The topological polar surface area (TPSA) is 49.4 Å². The highest BCUT2D eigenvalue weighted by Crippen LogP contribution is 2.35. The molecule has 0 aromatic heterocycles. The van der Waals surface area contributed by atoms with Crippen molar-refractivity contribution in [2.45, 2.75) is 32.4 Å². The molecule has 158 valence electrons. The molecule has 0 aliphatic carbocycles. The molecule has 0 spiro atoms. The van der Waals surface area contributed by atoms with Crippen molar-refractivity contribution >= 4 is 11.8 Å². The van der Waals surface area contributed by atoms with Crippen LogP contribution in [-0.2, 0) is 11.3 Å². The maximum atomic E-state index is 13.4. The van der Waals surface area contributed by atoms with E-state index in [1.54, 1.807) is 0 Å². The van der Waals surface area contributed by atoms with Gasteiger partial charge in [0.15, 0.2) is 0 Å². The fourth-order valence-corrected chi connectivity index (χ4v) is 4.31. The van der Waals surface area contributed by atoms with E-state index >= 15 is 0 Å². The van der Waals surface area contributed by atoms with E-state index in [2.05, 4.69) is 30.4 Å². The van der Waals surface area contributed by atoms with E-state index in [1.807, 2.05) is 71.6 Å². The molecule has 1 saturated heterocycles. The van der Waals surface area contributed by atoms with Crippen molar-refractivity contribution in [3.8, 4) is 0 Å². The lowest BCUT2D eigenvalue weighted by molar-refractivity contribution is -0.127. The lowest BCUT2D eigenvalue weighted by Gasteiger charge is -2.39. The third kappa shape index (κ3) is 5.02. The van der Waals surface area contributed by atoms with Crippen LogP contribution in [0.1, 0.15) is 45.9 Å². The first-order valence-corrected chi connectivity index (χ1v) is 10.9. The Bertz CT molecular complexity index is 1030. The first-order chi connectivity index (χ1) is 15.1. The van der Waals surface area contributed by atoms with E-state index in [9.17, 15) is 9.59 Å². The van der Waals surface area contributed by atoms with Crippen molar-refractivity contribution in [3.63, 3.8) is 0 Å². The Balaban J connectivity index is 1.53. The summed E-state index contributed by atoms with van der Waals surface area (Å²) in [6.07, 6.45) is 1.53. The summed E-state index contributed by atoms with van der Waals surface area (Å²) in [6.45, 7) is 2.99. The van der Waals surface area contributed by atoms with Crippen molar-refractivity contribution in [1.29, 1.82) is 0 Å². The van der Waals surface area contributed by atoms with Gasteiger partial charge in [-0.2, -0.15) is 0 Å². The molecule has 1 heterocycles. The van der Waals surface area contributed by atoms with Gasteiger partial charge in [-0.05, 0) is 43.0 Å². The predicted octanol–water partition coefficient (Wildman–Crippen LogP) is 4.90. The molecule has 1 N–H and O–H groups in total. The second-order valence-corrected chi connectivity index (χ2v) is 8.23. The maximum Gasteiger partial charge on any atom is 0.254 e. The molecular weight excluding hydrogens is 384 g/mol. The molecule has 1 aliphatic heterocycles. The average molecular weight is 413 g/mol. The van der Waals surface area contributed by atoms with Crippen LogP contribution < -0.4 is 5.32 Å². The zero-order valence-corrected chi connectivity index (χ0v) is 17.8. The molecule has 0 saturated carbocycles. The van der Waals surface area contributed by atoms with E-state index in [1.165, 1.54) is 5.56 Å². The Labute approximate surface area is 183 Å². The third-order valence-corrected chi connectivity index (χ3v) is 5.97. The lowest BCUT2D eigenvalue weighted by atomic mass is 9.87. The van der Waals surface area contributed by atoms with Gasteiger partial charge in [-0.1, -0.05) is 78.4 Å². The predicted molar refractivity (Wildman–Crippen MR) is 122 cm³/mol. The summed E-state index contributed by atoms with van der Waals surface area (Å²) in [5.41, 5.74) is 4.03. The fraction of sp³-hybridized carbons (Fsp3) is 0.259.